The van der Waals surface area contributed by atoms with Crippen LogP contribution in [0.15, 0.2) is 36.5 Å². The lowest BCUT2D eigenvalue weighted by Crippen LogP contribution is -2.37. The zero-order valence-electron chi connectivity index (χ0n) is 16.2. The summed E-state index contributed by atoms with van der Waals surface area (Å²) in [6, 6.07) is 9.70. The number of carbonyl (C=O) groups is 1. The molecule has 1 aromatic heterocycles. The highest BCUT2D eigenvalue weighted by Gasteiger charge is 2.26. The van der Waals surface area contributed by atoms with Gasteiger partial charge < -0.3 is 15.3 Å². The van der Waals surface area contributed by atoms with Gasteiger partial charge in [0.05, 0.1) is 17.9 Å². The van der Waals surface area contributed by atoms with Crippen LogP contribution in [-0.2, 0) is 21.4 Å². The second-order valence-corrected chi connectivity index (χ2v) is 8.89. The SMILES string of the molecule is CCS(=O)(=O)Nc1cnc(N2CCC(C(=O)O)CC2)nc1NCc1ccccc1. The average Bonchev–Trinajstić information content (AvgIpc) is 2.73. The topological polar surface area (TPSA) is 125 Å². The summed E-state index contributed by atoms with van der Waals surface area (Å²) in [7, 11) is -3.48. The van der Waals surface area contributed by atoms with Crippen LogP contribution in [0.5, 0.6) is 0 Å². The van der Waals surface area contributed by atoms with Gasteiger partial charge in [-0.2, -0.15) is 4.98 Å². The maximum absolute atomic E-state index is 12.0. The van der Waals surface area contributed by atoms with Crippen molar-refractivity contribution >= 4 is 33.4 Å². The Labute approximate surface area is 170 Å². The number of hydrogen-bond acceptors (Lipinski definition) is 7. The molecule has 0 radical (unpaired) electrons. The molecular formula is C19H25N5O4S. The van der Waals surface area contributed by atoms with Crippen LogP contribution in [0.2, 0.25) is 0 Å². The minimum Gasteiger partial charge on any atom is -0.481 e. The van der Waals surface area contributed by atoms with Gasteiger partial charge in [0, 0.05) is 19.6 Å². The Balaban J connectivity index is 1.81. The maximum Gasteiger partial charge on any atom is 0.306 e. The number of sulfonamides is 1. The number of rotatable bonds is 8. The molecule has 0 amide bonds. The number of nitrogens with one attached hydrogen (secondary N) is 2. The molecule has 0 bridgehead atoms. The van der Waals surface area contributed by atoms with Gasteiger partial charge in [-0.15, -0.1) is 0 Å². The zero-order chi connectivity index (χ0) is 20.9. The van der Waals surface area contributed by atoms with Crippen molar-refractivity contribution in [3.05, 3.63) is 42.1 Å². The molecule has 1 saturated heterocycles. The van der Waals surface area contributed by atoms with E-state index in [2.05, 4.69) is 20.0 Å². The first kappa shape index (κ1) is 20.8. The van der Waals surface area contributed by atoms with Crippen LogP contribution in [0.1, 0.15) is 25.3 Å². The number of carboxylic acid groups (broad SMARTS) is 1. The van der Waals surface area contributed by atoms with Crippen molar-refractivity contribution in [3.63, 3.8) is 0 Å². The molecule has 1 fully saturated rings. The van der Waals surface area contributed by atoms with E-state index < -0.39 is 16.0 Å². The third-order valence-corrected chi connectivity index (χ3v) is 6.14. The molecule has 1 aromatic carbocycles. The van der Waals surface area contributed by atoms with Gasteiger partial charge in [0.2, 0.25) is 16.0 Å². The Kier molecular flexibility index (Phi) is 6.53. The molecule has 2 heterocycles. The van der Waals surface area contributed by atoms with E-state index in [-0.39, 0.29) is 17.4 Å². The fraction of sp³-hybridized carbons (Fsp3) is 0.421. The molecule has 0 atom stereocenters. The van der Waals surface area contributed by atoms with Crippen LogP contribution < -0.4 is 14.9 Å². The number of aromatic nitrogens is 2. The monoisotopic (exact) mass is 419 g/mol. The quantitative estimate of drug-likeness (QED) is 0.594. The van der Waals surface area contributed by atoms with Gasteiger partial charge in [0.15, 0.2) is 5.82 Å². The standard InChI is InChI=1S/C19H25N5O4S/c1-2-29(27,28)23-16-13-21-19(24-10-8-15(9-11-24)18(25)26)22-17(16)20-12-14-6-4-3-5-7-14/h3-7,13,15,23H,2,8-12H2,1H3,(H,25,26)(H,20,21,22). The normalized spacial score (nSPS) is 15.1. The molecule has 0 spiro atoms. The zero-order valence-corrected chi connectivity index (χ0v) is 17.0. The molecule has 0 aliphatic carbocycles. The Bertz CT molecular complexity index is 944. The smallest absolute Gasteiger partial charge is 0.306 e. The largest absolute Gasteiger partial charge is 0.481 e. The molecule has 0 saturated carbocycles. The van der Waals surface area contributed by atoms with Gasteiger partial charge >= 0.3 is 5.97 Å². The second kappa shape index (κ2) is 9.08. The molecule has 9 nitrogen and oxygen atoms in total. The van der Waals surface area contributed by atoms with Gasteiger partial charge in [0.1, 0.15) is 5.69 Å². The van der Waals surface area contributed by atoms with Crippen LogP contribution in [-0.4, -0.2) is 48.3 Å². The van der Waals surface area contributed by atoms with Crippen molar-refractivity contribution in [1.29, 1.82) is 0 Å². The highest BCUT2D eigenvalue weighted by molar-refractivity contribution is 7.92. The van der Waals surface area contributed by atoms with Gasteiger partial charge in [-0.25, -0.2) is 13.4 Å². The first-order valence-corrected chi connectivity index (χ1v) is 11.2. The maximum atomic E-state index is 12.0. The van der Waals surface area contributed by atoms with Crippen LogP contribution >= 0.6 is 0 Å². The molecule has 1 aliphatic rings. The van der Waals surface area contributed by atoms with Crippen LogP contribution in [0.25, 0.3) is 0 Å². The highest BCUT2D eigenvalue weighted by atomic mass is 32.2. The predicted molar refractivity (Wildman–Crippen MR) is 111 cm³/mol. The van der Waals surface area contributed by atoms with E-state index in [0.717, 1.165) is 5.56 Å². The Hall–Kier alpha value is -2.88. The van der Waals surface area contributed by atoms with E-state index in [4.69, 9.17) is 5.11 Å². The molecule has 1 aliphatic heterocycles. The van der Waals surface area contributed by atoms with Crippen molar-refractivity contribution in [2.24, 2.45) is 5.92 Å². The van der Waals surface area contributed by atoms with Crippen molar-refractivity contribution in [1.82, 2.24) is 9.97 Å². The first-order valence-electron chi connectivity index (χ1n) is 9.51. The van der Waals surface area contributed by atoms with Crippen molar-refractivity contribution in [2.45, 2.75) is 26.3 Å². The Morgan fingerprint density at radius 1 is 1.24 bits per heavy atom. The van der Waals surface area contributed by atoms with Gasteiger partial charge in [0.25, 0.3) is 0 Å². The van der Waals surface area contributed by atoms with E-state index in [1.54, 1.807) is 6.92 Å². The lowest BCUT2D eigenvalue weighted by Gasteiger charge is -2.30. The van der Waals surface area contributed by atoms with Crippen LogP contribution in [0, 0.1) is 5.92 Å². The van der Waals surface area contributed by atoms with E-state index in [1.807, 2.05) is 35.2 Å². The van der Waals surface area contributed by atoms with Crippen molar-refractivity contribution in [3.8, 4) is 0 Å². The van der Waals surface area contributed by atoms with Crippen molar-refractivity contribution < 1.29 is 18.3 Å². The molecule has 3 rings (SSSR count). The molecule has 3 N–H and O–H groups in total. The van der Waals surface area contributed by atoms with Gasteiger partial charge in [-0.1, -0.05) is 30.3 Å². The first-order chi connectivity index (χ1) is 13.9. The number of anilines is 3. The number of benzene rings is 1. The van der Waals surface area contributed by atoms with E-state index in [9.17, 15) is 13.2 Å². The summed E-state index contributed by atoms with van der Waals surface area (Å²) < 4.78 is 26.6. The molecular weight excluding hydrogens is 394 g/mol. The molecule has 0 unspecified atom stereocenters. The summed E-state index contributed by atoms with van der Waals surface area (Å²) in [5.74, 6) is -0.354. The summed E-state index contributed by atoms with van der Waals surface area (Å²) in [5, 5.41) is 12.3. The fourth-order valence-electron chi connectivity index (χ4n) is 3.08. The van der Waals surface area contributed by atoms with E-state index >= 15 is 0 Å². The highest BCUT2D eigenvalue weighted by Crippen LogP contribution is 2.26. The average molecular weight is 420 g/mol. The Morgan fingerprint density at radius 2 is 1.93 bits per heavy atom. The third kappa shape index (κ3) is 5.57. The Morgan fingerprint density at radius 3 is 2.55 bits per heavy atom. The summed E-state index contributed by atoms with van der Waals surface area (Å²) >= 11 is 0. The lowest BCUT2D eigenvalue weighted by molar-refractivity contribution is -0.142. The van der Waals surface area contributed by atoms with Gasteiger partial charge in [-0.3, -0.25) is 9.52 Å². The lowest BCUT2D eigenvalue weighted by atomic mass is 9.97. The molecule has 2 aromatic rings. The molecule has 10 heteroatoms. The fourth-order valence-corrected chi connectivity index (χ4v) is 3.71. The molecule has 29 heavy (non-hydrogen) atoms. The summed E-state index contributed by atoms with van der Waals surface area (Å²) in [6.07, 6.45) is 2.50. The van der Waals surface area contributed by atoms with Crippen molar-refractivity contribution in [2.75, 3.05) is 33.8 Å². The number of nitrogens with zero attached hydrogens (tertiary/aromatic N) is 3. The molecule has 156 valence electrons. The summed E-state index contributed by atoms with van der Waals surface area (Å²) in [6.45, 7) is 3.10. The second-order valence-electron chi connectivity index (χ2n) is 6.88. The number of piperidine rings is 1. The minimum absolute atomic E-state index is 0.0599. The predicted octanol–water partition coefficient (Wildman–Crippen LogP) is 2.15. The van der Waals surface area contributed by atoms with Crippen LogP contribution in [0.4, 0.5) is 17.5 Å². The van der Waals surface area contributed by atoms with Gasteiger partial charge in [-0.05, 0) is 25.3 Å². The summed E-state index contributed by atoms with van der Waals surface area (Å²) in [5.41, 5.74) is 1.31. The number of hydrogen-bond donors (Lipinski definition) is 3. The minimum atomic E-state index is -3.48. The number of carboxylic acids is 1. The van der Waals surface area contributed by atoms with Crippen LogP contribution in [0.3, 0.4) is 0 Å². The third-order valence-electron chi connectivity index (χ3n) is 4.85. The number of aliphatic carboxylic acids is 1. The summed E-state index contributed by atoms with van der Waals surface area (Å²) in [4.78, 5) is 21.9. The van der Waals surface area contributed by atoms with E-state index in [0.29, 0.717) is 44.2 Å². The van der Waals surface area contributed by atoms with E-state index in [1.165, 1.54) is 6.20 Å².